The molecule has 0 aliphatic carbocycles. The molecule has 2 aromatic rings. The SMILES string of the molecule is CCOc1nc(Cl)nc(NCc2cccc(COC)c2)n1. The molecule has 1 N–H and O–H groups in total. The average molecular weight is 309 g/mol. The topological polar surface area (TPSA) is 69.2 Å². The predicted molar refractivity (Wildman–Crippen MR) is 80.5 cm³/mol. The maximum atomic E-state index is 5.84. The Morgan fingerprint density at radius 1 is 1.19 bits per heavy atom. The first-order chi connectivity index (χ1) is 10.2. The number of methoxy groups -OCH3 is 1. The van der Waals surface area contributed by atoms with Gasteiger partial charge in [-0.3, -0.25) is 0 Å². The lowest BCUT2D eigenvalue weighted by molar-refractivity contribution is 0.185. The molecule has 0 aliphatic rings. The summed E-state index contributed by atoms with van der Waals surface area (Å²) in [6, 6.07) is 8.28. The Hall–Kier alpha value is -1.92. The van der Waals surface area contributed by atoms with Gasteiger partial charge in [0.1, 0.15) is 0 Å². The van der Waals surface area contributed by atoms with Crippen molar-refractivity contribution in [3.8, 4) is 6.01 Å². The van der Waals surface area contributed by atoms with E-state index in [9.17, 15) is 0 Å². The smallest absolute Gasteiger partial charge is 0.322 e. The number of nitrogens with one attached hydrogen (secondary N) is 1. The molecule has 0 spiro atoms. The summed E-state index contributed by atoms with van der Waals surface area (Å²) >= 11 is 5.84. The van der Waals surface area contributed by atoms with Crippen molar-refractivity contribution in [1.29, 1.82) is 0 Å². The first-order valence-electron chi connectivity index (χ1n) is 6.56. The molecule has 0 saturated carbocycles. The molecule has 0 radical (unpaired) electrons. The summed E-state index contributed by atoms with van der Waals surface area (Å²) in [4.78, 5) is 12.0. The molecule has 0 amide bonds. The fourth-order valence-electron chi connectivity index (χ4n) is 1.78. The van der Waals surface area contributed by atoms with Gasteiger partial charge in [-0.15, -0.1) is 0 Å². The summed E-state index contributed by atoms with van der Waals surface area (Å²) in [6.45, 7) is 3.48. The van der Waals surface area contributed by atoms with Crippen LogP contribution >= 0.6 is 11.6 Å². The van der Waals surface area contributed by atoms with Gasteiger partial charge in [0.25, 0.3) is 0 Å². The van der Waals surface area contributed by atoms with Crippen LogP contribution in [0.1, 0.15) is 18.1 Å². The maximum Gasteiger partial charge on any atom is 0.322 e. The molecule has 0 bridgehead atoms. The highest BCUT2D eigenvalue weighted by Crippen LogP contribution is 2.13. The number of halogens is 1. The molecule has 1 aromatic heterocycles. The number of hydrogen-bond acceptors (Lipinski definition) is 6. The van der Waals surface area contributed by atoms with Gasteiger partial charge < -0.3 is 14.8 Å². The highest BCUT2D eigenvalue weighted by atomic mass is 35.5. The van der Waals surface area contributed by atoms with Gasteiger partial charge >= 0.3 is 6.01 Å². The van der Waals surface area contributed by atoms with E-state index in [1.807, 2.05) is 25.1 Å². The third-order valence-corrected chi connectivity index (χ3v) is 2.78. The molecular weight excluding hydrogens is 292 g/mol. The van der Waals surface area contributed by atoms with Crippen molar-refractivity contribution in [2.45, 2.75) is 20.1 Å². The lowest BCUT2D eigenvalue weighted by Gasteiger charge is -2.08. The van der Waals surface area contributed by atoms with E-state index in [0.717, 1.165) is 11.1 Å². The van der Waals surface area contributed by atoms with E-state index in [0.29, 0.717) is 25.7 Å². The highest BCUT2D eigenvalue weighted by Gasteiger charge is 2.05. The van der Waals surface area contributed by atoms with Crippen LogP contribution in [0.5, 0.6) is 6.01 Å². The first kappa shape index (κ1) is 15.5. The molecule has 1 aromatic carbocycles. The molecule has 1 heterocycles. The van der Waals surface area contributed by atoms with Gasteiger partial charge in [-0.05, 0) is 29.7 Å². The molecule has 0 saturated heterocycles. The summed E-state index contributed by atoms with van der Waals surface area (Å²) in [5.74, 6) is 0.385. The molecule has 0 unspecified atom stereocenters. The Labute approximate surface area is 128 Å². The van der Waals surface area contributed by atoms with Crippen molar-refractivity contribution in [3.63, 3.8) is 0 Å². The van der Waals surface area contributed by atoms with Gasteiger partial charge in [0.05, 0.1) is 13.2 Å². The third-order valence-electron chi connectivity index (χ3n) is 2.61. The first-order valence-corrected chi connectivity index (χ1v) is 6.94. The van der Waals surface area contributed by atoms with Gasteiger partial charge in [-0.1, -0.05) is 24.3 Å². The Morgan fingerprint density at radius 3 is 2.76 bits per heavy atom. The lowest BCUT2D eigenvalue weighted by Crippen LogP contribution is -2.07. The van der Waals surface area contributed by atoms with Crippen molar-refractivity contribution >= 4 is 17.5 Å². The van der Waals surface area contributed by atoms with Crippen molar-refractivity contribution in [2.24, 2.45) is 0 Å². The fraction of sp³-hybridized carbons (Fsp3) is 0.357. The fourth-order valence-corrected chi connectivity index (χ4v) is 1.93. The molecular formula is C14H17ClN4O2. The minimum atomic E-state index is 0.101. The molecule has 0 aliphatic heterocycles. The second-order valence-corrected chi connectivity index (χ2v) is 4.59. The number of aromatic nitrogens is 3. The van der Waals surface area contributed by atoms with Crippen LogP contribution in [-0.2, 0) is 17.9 Å². The van der Waals surface area contributed by atoms with E-state index in [1.54, 1.807) is 7.11 Å². The van der Waals surface area contributed by atoms with Crippen LogP contribution in [-0.4, -0.2) is 28.7 Å². The van der Waals surface area contributed by atoms with Crippen LogP contribution in [0, 0.1) is 0 Å². The van der Waals surface area contributed by atoms with Crippen molar-refractivity contribution in [3.05, 3.63) is 40.7 Å². The van der Waals surface area contributed by atoms with Gasteiger partial charge in [0.15, 0.2) is 0 Å². The Morgan fingerprint density at radius 2 is 2.00 bits per heavy atom. The molecule has 6 nitrogen and oxygen atoms in total. The van der Waals surface area contributed by atoms with E-state index < -0.39 is 0 Å². The Kier molecular flexibility index (Phi) is 5.71. The van der Waals surface area contributed by atoms with E-state index in [4.69, 9.17) is 21.1 Å². The molecule has 21 heavy (non-hydrogen) atoms. The summed E-state index contributed by atoms with van der Waals surface area (Å²) in [7, 11) is 1.67. The van der Waals surface area contributed by atoms with Gasteiger partial charge in [0, 0.05) is 13.7 Å². The van der Waals surface area contributed by atoms with Crippen LogP contribution in [0.25, 0.3) is 0 Å². The summed E-state index contributed by atoms with van der Waals surface area (Å²) in [6.07, 6.45) is 0. The van der Waals surface area contributed by atoms with Gasteiger partial charge in [0.2, 0.25) is 11.2 Å². The Balaban J connectivity index is 2.03. The molecule has 7 heteroatoms. The standard InChI is InChI=1S/C14H17ClN4O2/c1-3-21-14-18-12(15)17-13(19-14)16-8-10-5-4-6-11(7-10)9-20-2/h4-7H,3,8-9H2,1-2H3,(H,16,17,18,19). The number of nitrogens with zero attached hydrogens (tertiary/aromatic N) is 3. The highest BCUT2D eigenvalue weighted by molar-refractivity contribution is 6.28. The van der Waals surface area contributed by atoms with Crippen molar-refractivity contribution in [1.82, 2.24) is 15.0 Å². The second-order valence-electron chi connectivity index (χ2n) is 4.25. The molecule has 2 rings (SSSR count). The van der Waals surface area contributed by atoms with Crippen molar-refractivity contribution in [2.75, 3.05) is 19.0 Å². The third kappa shape index (κ3) is 4.84. The van der Waals surface area contributed by atoms with Crippen LogP contribution in [0.15, 0.2) is 24.3 Å². The summed E-state index contributed by atoms with van der Waals surface area (Å²) < 4.78 is 10.3. The quantitative estimate of drug-likeness (QED) is 0.848. The number of benzene rings is 1. The van der Waals surface area contributed by atoms with Gasteiger partial charge in [-0.25, -0.2) is 0 Å². The average Bonchev–Trinajstić information content (AvgIpc) is 2.46. The minimum absolute atomic E-state index is 0.101. The zero-order valence-corrected chi connectivity index (χ0v) is 12.7. The van der Waals surface area contributed by atoms with Crippen LogP contribution in [0.4, 0.5) is 5.95 Å². The number of rotatable bonds is 7. The normalized spacial score (nSPS) is 10.4. The largest absolute Gasteiger partial charge is 0.464 e. The Bertz CT molecular complexity index is 595. The number of hydrogen-bond donors (Lipinski definition) is 1. The predicted octanol–water partition coefficient (Wildman–Crippen LogP) is 2.68. The van der Waals surface area contributed by atoms with Gasteiger partial charge in [-0.2, -0.15) is 15.0 Å². The molecule has 0 fully saturated rings. The van der Waals surface area contributed by atoms with Crippen LogP contribution in [0.2, 0.25) is 5.28 Å². The summed E-state index contributed by atoms with van der Waals surface area (Å²) in [5, 5.41) is 3.20. The lowest BCUT2D eigenvalue weighted by atomic mass is 10.1. The summed E-state index contributed by atoms with van der Waals surface area (Å²) in [5.41, 5.74) is 2.21. The van der Waals surface area contributed by atoms with Crippen LogP contribution in [0.3, 0.4) is 0 Å². The number of ether oxygens (including phenoxy) is 2. The molecule has 0 atom stereocenters. The van der Waals surface area contributed by atoms with Crippen molar-refractivity contribution < 1.29 is 9.47 Å². The maximum absolute atomic E-state index is 5.84. The minimum Gasteiger partial charge on any atom is -0.464 e. The monoisotopic (exact) mass is 308 g/mol. The van der Waals surface area contributed by atoms with Crippen LogP contribution < -0.4 is 10.1 Å². The van der Waals surface area contributed by atoms with E-state index >= 15 is 0 Å². The van der Waals surface area contributed by atoms with E-state index in [1.165, 1.54) is 0 Å². The number of anilines is 1. The molecule has 112 valence electrons. The zero-order valence-electron chi connectivity index (χ0n) is 12.0. The zero-order chi connectivity index (χ0) is 15.1. The second kappa shape index (κ2) is 7.75. The van der Waals surface area contributed by atoms with E-state index in [-0.39, 0.29) is 11.3 Å². The van der Waals surface area contributed by atoms with E-state index in [2.05, 4.69) is 26.3 Å².